The molecule has 0 unspecified atom stereocenters. The zero-order valence-corrected chi connectivity index (χ0v) is 11.9. The Hall–Kier alpha value is -1.75. The highest BCUT2D eigenvalue weighted by atomic mass is 32.2. The Labute approximate surface area is 116 Å². The van der Waals surface area contributed by atoms with E-state index in [2.05, 4.69) is 4.98 Å². The molecule has 0 saturated heterocycles. The minimum Gasteiger partial charge on any atom is -0.496 e. The molecule has 0 saturated carbocycles. The van der Waals surface area contributed by atoms with E-state index in [1.807, 2.05) is 26.0 Å². The van der Waals surface area contributed by atoms with Crippen LogP contribution in [0.25, 0.3) is 0 Å². The Morgan fingerprint density at radius 1 is 1.37 bits per heavy atom. The van der Waals surface area contributed by atoms with Crippen LogP contribution in [0.4, 0.5) is 0 Å². The van der Waals surface area contributed by atoms with Gasteiger partial charge < -0.3 is 9.15 Å². The van der Waals surface area contributed by atoms with Crippen molar-refractivity contribution in [3.05, 3.63) is 41.3 Å². The molecule has 1 heterocycles. The van der Waals surface area contributed by atoms with Crippen LogP contribution in [0.5, 0.6) is 5.75 Å². The number of hydrogen-bond donors (Lipinski definition) is 0. The van der Waals surface area contributed by atoms with Crippen LogP contribution in [0.3, 0.4) is 0 Å². The molecule has 0 N–H and O–H groups in total. The Morgan fingerprint density at radius 2 is 2.11 bits per heavy atom. The minimum absolute atomic E-state index is 0.00374. The van der Waals surface area contributed by atoms with Gasteiger partial charge in [0.05, 0.1) is 24.1 Å². The van der Waals surface area contributed by atoms with Crippen LogP contribution in [0.2, 0.25) is 0 Å². The molecule has 0 spiro atoms. The van der Waals surface area contributed by atoms with Gasteiger partial charge in [-0.15, -0.1) is 0 Å². The predicted molar refractivity (Wildman–Crippen MR) is 74.0 cm³/mol. The number of benzene rings is 1. The summed E-state index contributed by atoms with van der Waals surface area (Å²) in [5.41, 5.74) is 1.43. The van der Waals surface area contributed by atoms with Crippen LogP contribution in [0, 0.1) is 13.8 Å². The molecule has 0 fully saturated rings. The molecule has 0 atom stereocenters. The smallest absolute Gasteiger partial charge is 0.256 e. The van der Waals surface area contributed by atoms with Gasteiger partial charge in [0.1, 0.15) is 11.5 Å². The Kier molecular flexibility index (Phi) is 4.27. The number of oxazole rings is 1. The molecular formula is C14H15NO3S. The van der Waals surface area contributed by atoms with E-state index in [1.54, 1.807) is 19.2 Å². The molecule has 0 bridgehead atoms. The normalized spacial score (nSPS) is 10.5. The summed E-state index contributed by atoms with van der Waals surface area (Å²) in [5.74, 6) is 1.65. The number of aromatic nitrogens is 1. The van der Waals surface area contributed by atoms with Gasteiger partial charge in [-0.25, -0.2) is 4.98 Å². The summed E-state index contributed by atoms with van der Waals surface area (Å²) in [6, 6.07) is 7.19. The van der Waals surface area contributed by atoms with Crippen LogP contribution in [-0.2, 0) is 0 Å². The Balaban J connectivity index is 2.05. The molecule has 0 aliphatic carbocycles. The molecule has 0 radical (unpaired) electrons. The fourth-order valence-corrected chi connectivity index (χ4v) is 2.38. The van der Waals surface area contributed by atoms with Gasteiger partial charge >= 0.3 is 0 Å². The summed E-state index contributed by atoms with van der Waals surface area (Å²) in [5, 5.41) is 0.526. The number of ether oxygens (including phenoxy) is 1. The molecule has 2 aromatic rings. The summed E-state index contributed by atoms with van der Waals surface area (Å²) in [6.45, 7) is 3.74. The van der Waals surface area contributed by atoms with E-state index >= 15 is 0 Å². The van der Waals surface area contributed by atoms with E-state index < -0.39 is 0 Å². The third-order valence-corrected chi connectivity index (χ3v) is 3.57. The van der Waals surface area contributed by atoms with Crippen molar-refractivity contribution < 1.29 is 13.9 Å². The molecule has 1 aromatic carbocycles. The molecule has 2 rings (SSSR count). The van der Waals surface area contributed by atoms with Crippen LogP contribution < -0.4 is 4.74 Å². The number of rotatable bonds is 5. The van der Waals surface area contributed by atoms with Crippen molar-refractivity contribution in [2.75, 3.05) is 12.9 Å². The maximum atomic E-state index is 12.1. The van der Waals surface area contributed by atoms with Crippen molar-refractivity contribution in [2.45, 2.75) is 19.1 Å². The SMILES string of the molecule is COc1ccccc1C(=O)CSc1nc(C)c(C)o1. The zero-order chi connectivity index (χ0) is 13.8. The standard InChI is InChI=1S/C14H15NO3S/c1-9-10(2)18-14(15-9)19-8-12(16)11-6-4-5-7-13(11)17-3/h4-7H,8H2,1-3H3. The van der Waals surface area contributed by atoms with E-state index in [9.17, 15) is 4.79 Å². The highest BCUT2D eigenvalue weighted by Gasteiger charge is 2.14. The number of carbonyl (C=O) groups is 1. The number of carbonyl (C=O) groups excluding carboxylic acids is 1. The number of hydrogen-bond acceptors (Lipinski definition) is 5. The van der Waals surface area contributed by atoms with Gasteiger partial charge in [0, 0.05) is 0 Å². The first-order valence-electron chi connectivity index (χ1n) is 5.85. The first kappa shape index (κ1) is 13.7. The van der Waals surface area contributed by atoms with Crippen molar-refractivity contribution in [1.29, 1.82) is 0 Å². The molecular weight excluding hydrogens is 262 g/mol. The van der Waals surface area contributed by atoms with Gasteiger partial charge in [-0.3, -0.25) is 4.79 Å². The van der Waals surface area contributed by atoms with Crippen molar-refractivity contribution in [3.8, 4) is 5.75 Å². The minimum atomic E-state index is -0.00374. The molecule has 4 nitrogen and oxygen atoms in total. The van der Waals surface area contributed by atoms with Crippen molar-refractivity contribution >= 4 is 17.5 Å². The third kappa shape index (κ3) is 3.17. The van der Waals surface area contributed by atoms with Crippen LogP contribution in [0.15, 0.2) is 33.9 Å². The number of nitrogens with zero attached hydrogens (tertiary/aromatic N) is 1. The van der Waals surface area contributed by atoms with Gasteiger partial charge in [0.15, 0.2) is 5.78 Å². The lowest BCUT2D eigenvalue weighted by atomic mass is 10.1. The average molecular weight is 277 g/mol. The van der Waals surface area contributed by atoms with E-state index in [-0.39, 0.29) is 11.5 Å². The van der Waals surface area contributed by atoms with Crippen molar-refractivity contribution in [3.63, 3.8) is 0 Å². The molecule has 0 aliphatic rings. The molecule has 0 amide bonds. The summed E-state index contributed by atoms with van der Waals surface area (Å²) < 4.78 is 10.6. The quantitative estimate of drug-likeness (QED) is 0.620. The van der Waals surface area contributed by atoms with Crippen molar-refractivity contribution in [1.82, 2.24) is 4.98 Å². The van der Waals surface area contributed by atoms with Gasteiger partial charge in [-0.1, -0.05) is 23.9 Å². The lowest BCUT2D eigenvalue weighted by molar-refractivity contribution is 0.101. The first-order valence-corrected chi connectivity index (χ1v) is 6.83. The summed E-state index contributed by atoms with van der Waals surface area (Å²) >= 11 is 1.29. The monoisotopic (exact) mass is 277 g/mol. The summed E-state index contributed by atoms with van der Waals surface area (Å²) in [7, 11) is 1.56. The van der Waals surface area contributed by atoms with E-state index in [4.69, 9.17) is 9.15 Å². The van der Waals surface area contributed by atoms with Gasteiger partial charge in [-0.2, -0.15) is 0 Å². The number of methoxy groups -OCH3 is 1. The zero-order valence-electron chi connectivity index (χ0n) is 11.1. The van der Waals surface area contributed by atoms with E-state index in [0.29, 0.717) is 16.5 Å². The van der Waals surface area contributed by atoms with Crippen LogP contribution in [0.1, 0.15) is 21.8 Å². The number of thioether (sulfide) groups is 1. The number of para-hydroxylation sites is 1. The summed E-state index contributed by atoms with van der Waals surface area (Å²) in [6.07, 6.45) is 0. The van der Waals surface area contributed by atoms with E-state index in [0.717, 1.165) is 11.5 Å². The second kappa shape index (κ2) is 5.93. The van der Waals surface area contributed by atoms with Gasteiger partial charge in [-0.05, 0) is 26.0 Å². The fourth-order valence-electron chi connectivity index (χ4n) is 1.59. The van der Waals surface area contributed by atoms with Gasteiger partial charge in [0.25, 0.3) is 5.22 Å². The molecule has 1 aromatic heterocycles. The van der Waals surface area contributed by atoms with Crippen LogP contribution >= 0.6 is 11.8 Å². The predicted octanol–water partition coefficient (Wildman–Crippen LogP) is 3.28. The average Bonchev–Trinajstić information content (AvgIpc) is 2.75. The maximum absolute atomic E-state index is 12.1. The fraction of sp³-hybridized carbons (Fsp3) is 0.286. The molecule has 0 aliphatic heterocycles. The second-order valence-electron chi connectivity index (χ2n) is 4.03. The molecule has 100 valence electrons. The summed E-state index contributed by atoms with van der Waals surface area (Å²) in [4.78, 5) is 16.4. The molecule has 19 heavy (non-hydrogen) atoms. The van der Waals surface area contributed by atoms with Crippen LogP contribution in [-0.4, -0.2) is 23.6 Å². The highest BCUT2D eigenvalue weighted by Crippen LogP contribution is 2.24. The lowest BCUT2D eigenvalue weighted by Crippen LogP contribution is -2.04. The number of aryl methyl sites for hydroxylation is 2. The van der Waals surface area contributed by atoms with Gasteiger partial charge in [0.2, 0.25) is 0 Å². The highest BCUT2D eigenvalue weighted by molar-refractivity contribution is 7.99. The Bertz CT molecular complexity index is 573. The number of Topliss-reactive ketones (excluding diaryl/α,β-unsaturated/α-hetero) is 1. The van der Waals surface area contributed by atoms with E-state index in [1.165, 1.54) is 11.8 Å². The molecule has 5 heteroatoms. The first-order chi connectivity index (χ1) is 9.11. The maximum Gasteiger partial charge on any atom is 0.256 e. The van der Waals surface area contributed by atoms with Crippen molar-refractivity contribution in [2.24, 2.45) is 0 Å². The Morgan fingerprint density at radius 3 is 2.74 bits per heavy atom. The largest absolute Gasteiger partial charge is 0.496 e. The third-order valence-electron chi connectivity index (χ3n) is 2.74. The topological polar surface area (TPSA) is 52.3 Å². The lowest BCUT2D eigenvalue weighted by Gasteiger charge is -2.05. The second-order valence-corrected chi connectivity index (χ2v) is 4.96. The number of ketones is 1.